The van der Waals surface area contributed by atoms with Gasteiger partial charge in [0.1, 0.15) is 5.75 Å². The highest BCUT2D eigenvalue weighted by Crippen LogP contribution is 2.42. The summed E-state index contributed by atoms with van der Waals surface area (Å²) in [6.07, 6.45) is 2.09. The van der Waals surface area contributed by atoms with E-state index in [4.69, 9.17) is 0 Å². The predicted molar refractivity (Wildman–Crippen MR) is 100 cm³/mol. The molecule has 0 radical (unpaired) electrons. The van der Waals surface area contributed by atoms with E-state index in [1.807, 2.05) is 6.07 Å². The number of aromatic hydroxyl groups is 1. The molecule has 2 aromatic carbocycles. The number of H-pyrrole nitrogens is 1. The van der Waals surface area contributed by atoms with Gasteiger partial charge in [0.25, 0.3) is 0 Å². The Kier molecular flexibility index (Phi) is 3.93. The first-order valence-electron chi connectivity index (χ1n) is 7.49. The van der Waals surface area contributed by atoms with E-state index in [2.05, 4.69) is 78.8 Å². The molecule has 2 N–H and O–H groups in total. The van der Waals surface area contributed by atoms with Crippen LogP contribution in [0.15, 0.2) is 48.7 Å². The fourth-order valence-electron chi connectivity index (χ4n) is 3.14. The molecule has 1 atom stereocenters. The summed E-state index contributed by atoms with van der Waals surface area (Å²) < 4.78 is 1.25. The number of aromatic nitrogens is 1. The van der Waals surface area contributed by atoms with E-state index >= 15 is 0 Å². The average Bonchev–Trinajstić information content (AvgIpc) is 2.90. The predicted octanol–water partition coefficient (Wildman–Crippen LogP) is 5.44. The first-order valence-corrected chi connectivity index (χ1v) is 8.57. The molecule has 3 aromatic rings. The van der Waals surface area contributed by atoms with Crippen molar-refractivity contribution in [1.82, 2.24) is 4.98 Å². The van der Waals surface area contributed by atoms with Gasteiger partial charge in [-0.1, -0.05) is 32.9 Å². The number of hydrogen-bond donors (Lipinski definition) is 2. The molecular formula is C19H20INO. The molecule has 22 heavy (non-hydrogen) atoms. The lowest BCUT2D eigenvalue weighted by atomic mass is 9.68. The lowest BCUT2D eigenvalue weighted by Gasteiger charge is -2.34. The molecule has 0 spiro atoms. The Morgan fingerprint density at radius 3 is 2.41 bits per heavy atom. The van der Waals surface area contributed by atoms with Crippen LogP contribution in [0.5, 0.6) is 5.75 Å². The summed E-state index contributed by atoms with van der Waals surface area (Å²) in [5.41, 5.74) is 3.49. The molecule has 0 aliphatic heterocycles. The monoisotopic (exact) mass is 405 g/mol. The van der Waals surface area contributed by atoms with Crippen molar-refractivity contribution in [3.63, 3.8) is 0 Å². The number of fused-ring (bicyclic) bond motifs is 1. The molecule has 3 rings (SSSR count). The third kappa shape index (κ3) is 2.41. The van der Waals surface area contributed by atoms with Crippen LogP contribution in [0.1, 0.15) is 31.9 Å². The Morgan fingerprint density at radius 1 is 1.09 bits per heavy atom. The Bertz CT molecular complexity index is 804. The Labute approximate surface area is 144 Å². The molecule has 1 aromatic heterocycles. The minimum Gasteiger partial charge on any atom is -0.508 e. The van der Waals surface area contributed by atoms with Gasteiger partial charge in [0.2, 0.25) is 0 Å². The van der Waals surface area contributed by atoms with Gasteiger partial charge in [0, 0.05) is 32.2 Å². The Morgan fingerprint density at radius 2 is 1.77 bits per heavy atom. The van der Waals surface area contributed by atoms with E-state index in [1.54, 1.807) is 12.1 Å². The summed E-state index contributed by atoms with van der Waals surface area (Å²) in [5, 5.41) is 10.9. The van der Waals surface area contributed by atoms with Gasteiger partial charge in [-0.3, -0.25) is 0 Å². The van der Waals surface area contributed by atoms with Crippen LogP contribution in [0.2, 0.25) is 0 Å². The summed E-state index contributed by atoms with van der Waals surface area (Å²) >= 11 is 2.34. The zero-order chi connectivity index (χ0) is 15.9. The van der Waals surface area contributed by atoms with Crippen LogP contribution >= 0.6 is 22.6 Å². The van der Waals surface area contributed by atoms with E-state index in [0.29, 0.717) is 11.7 Å². The van der Waals surface area contributed by atoms with Crippen LogP contribution in [-0.2, 0) is 5.41 Å². The molecule has 0 saturated heterocycles. The molecule has 114 valence electrons. The van der Waals surface area contributed by atoms with Crippen molar-refractivity contribution in [3.05, 3.63) is 63.4 Å². The fraction of sp³-hybridized carbons (Fsp3) is 0.263. The maximum Gasteiger partial charge on any atom is 0.117 e. The molecule has 3 heteroatoms. The summed E-state index contributed by atoms with van der Waals surface area (Å²) in [7, 11) is 0. The first-order chi connectivity index (χ1) is 10.4. The van der Waals surface area contributed by atoms with E-state index in [0.717, 1.165) is 5.52 Å². The van der Waals surface area contributed by atoms with Crippen molar-refractivity contribution in [2.45, 2.75) is 26.2 Å². The third-order valence-electron chi connectivity index (χ3n) is 4.82. The minimum atomic E-state index is -0.0838. The minimum absolute atomic E-state index is 0.0838. The number of phenolic OH excluding ortho intramolecular Hbond substituents is 1. The average molecular weight is 405 g/mol. The van der Waals surface area contributed by atoms with Gasteiger partial charge in [-0.25, -0.2) is 0 Å². The standard InChI is InChI=1S/C19H20INO/c1-12(2)19(3,13-4-6-14(20)7-5-13)17-11-21-18-10-15(22)8-9-16(17)18/h4-12,21-22H,1-3H3. The van der Waals surface area contributed by atoms with Crippen molar-refractivity contribution in [2.24, 2.45) is 5.92 Å². The molecule has 0 aliphatic rings. The highest BCUT2D eigenvalue weighted by molar-refractivity contribution is 14.1. The van der Waals surface area contributed by atoms with Crippen molar-refractivity contribution >= 4 is 33.5 Å². The van der Waals surface area contributed by atoms with Gasteiger partial charge in [-0.05, 0) is 63.9 Å². The number of rotatable bonds is 3. The topological polar surface area (TPSA) is 36.0 Å². The molecule has 1 unspecified atom stereocenters. The molecule has 0 amide bonds. The number of benzene rings is 2. The van der Waals surface area contributed by atoms with Gasteiger partial charge >= 0.3 is 0 Å². The highest BCUT2D eigenvalue weighted by atomic mass is 127. The van der Waals surface area contributed by atoms with Gasteiger partial charge in [0.15, 0.2) is 0 Å². The van der Waals surface area contributed by atoms with Gasteiger partial charge in [-0.15, -0.1) is 0 Å². The van der Waals surface area contributed by atoms with Crippen molar-refractivity contribution in [1.29, 1.82) is 0 Å². The summed E-state index contributed by atoms with van der Waals surface area (Å²) in [6, 6.07) is 14.3. The molecule has 2 nitrogen and oxygen atoms in total. The van der Waals surface area contributed by atoms with Crippen molar-refractivity contribution in [2.75, 3.05) is 0 Å². The molecule has 0 aliphatic carbocycles. The third-order valence-corrected chi connectivity index (χ3v) is 5.54. The summed E-state index contributed by atoms with van der Waals surface area (Å²) in [5.74, 6) is 0.738. The maximum atomic E-state index is 9.68. The highest BCUT2D eigenvalue weighted by Gasteiger charge is 2.34. The van der Waals surface area contributed by atoms with E-state index in [1.165, 1.54) is 20.1 Å². The van der Waals surface area contributed by atoms with Crippen LogP contribution in [0.3, 0.4) is 0 Å². The number of hydrogen-bond acceptors (Lipinski definition) is 1. The first kappa shape index (κ1) is 15.4. The summed E-state index contributed by atoms with van der Waals surface area (Å²) in [4.78, 5) is 3.31. The van der Waals surface area contributed by atoms with E-state index in [-0.39, 0.29) is 5.41 Å². The van der Waals surface area contributed by atoms with E-state index < -0.39 is 0 Å². The molecule has 0 fully saturated rings. The normalized spacial score (nSPS) is 14.4. The van der Waals surface area contributed by atoms with Crippen LogP contribution in [0, 0.1) is 9.49 Å². The van der Waals surface area contributed by atoms with Gasteiger partial charge in [0.05, 0.1) is 0 Å². The Balaban J connectivity index is 2.23. The number of halogens is 1. The smallest absolute Gasteiger partial charge is 0.117 e. The second-order valence-corrected chi connectivity index (χ2v) is 7.54. The number of phenols is 1. The SMILES string of the molecule is CC(C)C(C)(c1ccc(I)cc1)c1c[nH]c2cc(O)ccc12. The molecule has 0 bridgehead atoms. The van der Waals surface area contributed by atoms with Crippen molar-refractivity contribution < 1.29 is 5.11 Å². The second kappa shape index (κ2) is 5.61. The van der Waals surface area contributed by atoms with Crippen LogP contribution in [0.25, 0.3) is 10.9 Å². The molecular weight excluding hydrogens is 385 g/mol. The number of aromatic amines is 1. The van der Waals surface area contributed by atoms with Gasteiger partial charge in [-0.2, -0.15) is 0 Å². The van der Waals surface area contributed by atoms with Gasteiger partial charge < -0.3 is 10.1 Å². The molecule has 1 heterocycles. The quantitative estimate of drug-likeness (QED) is 0.560. The lowest BCUT2D eigenvalue weighted by molar-refractivity contribution is 0.408. The Hall–Kier alpha value is -1.49. The fourth-order valence-corrected chi connectivity index (χ4v) is 3.50. The largest absolute Gasteiger partial charge is 0.508 e. The maximum absolute atomic E-state index is 9.68. The van der Waals surface area contributed by atoms with Crippen molar-refractivity contribution in [3.8, 4) is 5.75 Å². The zero-order valence-electron chi connectivity index (χ0n) is 13.0. The second-order valence-electron chi connectivity index (χ2n) is 6.30. The van der Waals surface area contributed by atoms with E-state index in [9.17, 15) is 5.11 Å². The molecule has 0 saturated carbocycles. The zero-order valence-corrected chi connectivity index (χ0v) is 15.2. The van der Waals surface area contributed by atoms with Crippen LogP contribution < -0.4 is 0 Å². The lowest BCUT2D eigenvalue weighted by Crippen LogP contribution is -2.29. The van der Waals surface area contributed by atoms with Crippen LogP contribution in [-0.4, -0.2) is 10.1 Å². The number of nitrogens with one attached hydrogen (secondary N) is 1. The van der Waals surface area contributed by atoms with Crippen LogP contribution in [0.4, 0.5) is 0 Å². The summed E-state index contributed by atoms with van der Waals surface area (Å²) in [6.45, 7) is 6.82.